The topological polar surface area (TPSA) is 80.6 Å². The summed E-state index contributed by atoms with van der Waals surface area (Å²) in [7, 11) is 0. The second-order valence-corrected chi connectivity index (χ2v) is 10.4. The molecule has 0 aliphatic carbocycles. The first-order chi connectivity index (χ1) is 19.8. The van der Waals surface area contributed by atoms with E-state index in [1.165, 1.54) is 11.6 Å². The highest BCUT2D eigenvalue weighted by Gasteiger charge is 2.15. The lowest BCUT2D eigenvalue weighted by Gasteiger charge is -2.15. The highest BCUT2D eigenvalue weighted by molar-refractivity contribution is 9.10. The fourth-order valence-corrected chi connectivity index (χ4v) is 4.51. The number of rotatable bonds is 11. The molecule has 0 aromatic heterocycles. The number of nitriles is 1. The van der Waals surface area contributed by atoms with E-state index in [2.05, 4.69) is 21.2 Å². The van der Waals surface area contributed by atoms with Crippen LogP contribution >= 0.6 is 27.5 Å². The molecule has 8 heteroatoms. The lowest BCUT2D eigenvalue weighted by molar-refractivity contribution is -0.112. The first-order valence-corrected chi connectivity index (χ1v) is 14.1. The van der Waals surface area contributed by atoms with Crippen molar-refractivity contribution in [1.82, 2.24) is 0 Å². The molecule has 0 spiro atoms. The zero-order valence-corrected chi connectivity index (χ0v) is 25.0. The lowest BCUT2D eigenvalue weighted by atomic mass is 10.1. The van der Waals surface area contributed by atoms with Crippen LogP contribution in [-0.4, -0.2) is 12.5 Å². The van der Waals surface area contributed by atoms with Crippen molar-refractivity contribution in [2.45, 2.75) is 27.1 Å². The molecule has 4 aromatic carbocycles. The van der Waals surface area contributed by atoms with Crippen molar-refractivity contribution < 1.29 is 19.0 Å². The molecule has 0 saturated heterocycles. The van der Waals surface area contributed by atoms with Crippen molar-refractivity contribution in [3.8, 4) is 23.3 Å². The zero-order valence-electron chi connectivity index (χ0n) is 22.6. The Morgan fingerprint density at radius 2 is 1.56 bits per heavy atom. The maximum atomic E-state index is 12.9. The van der Waals surface area contributed by atoms with E-state index in [1.54, 1.807) is 36.4 Å². The number of ether oxygens (including phenoxy) is 3. The Balaban J connectivity index is 1.43. The molecule has 0 unspecified atom stereocenters. The number of nitrogens with zero attached hydrogens (tertiary/aromatic N) is 1. The molecule has 1 N–H and O–H groups in total. The molecule has 0 fully saturated rings. The van der Waals surface area contributed by atoms with Gasteiger partial charge in [-0.2, -0.15) is 5.26 Å². The molecule has 4 rings (SSSR count). The smallest absolute Gasteiger partial charge is 0.266 e. The van der Waals surface area contributed by atoms with Crippen LogP contribution in [0.4, 0.5) is 5.69 Å². The summed E-state index contributed by atoms with van der Waals surface area (Å²) in [5, 5.41) is 13.2. The molecule has 208 valence electrons. The van der Waals surface area contributed by atoms with Crippen molar-refractivity contribution in [2.75, 3.05) is 11.9 Å². The SMILES string of the molecule is CCOc1cc(/C=C(\C#N)C(=O)Nc2ccc(OCc3ccc(Cl)cc3)cc2)cc(Br)c1OCc1ccc(C)cc1. The summed E-state index contributed by atoms with van der Waals surface area (Å²) in [6, 6.07) is 28.0. The molecule has 0 aliphatic heterocycles. The predicted octanol–water partition coefficient (Wildman–Crippen LogP) is 8.51. The first-order valence-electron chi connectivity index (χ1n) is 12.9. The molecule has 1 amide bonds. The number of carbonyl (C=O) groups excluding carboxylic acids is 1. The molecular weight excluding hydrogens is 604 g/mol. The third kappa shape index (κ3) is 8.62. The van der Waals surface area contributed by atoms with Crippen LogP contribution in [-0.2, 0) is 18.0 Å². The third-order valence-electron chi connectivity index (χ3n) is 5.94. The molecule has 0 saturated carbocycles. The Bertz CT molecular complexity index is 1560. The number of anilines is 1. The average Bonchev–Trinajstić information content (AvgIpc) is 2.97. The van der Waals surface area contributed by atoms with Crippen LogP contribution < -0.4 is 19.5 Å². The quantitative estimate of drug-likeness (QED) is 0.133. The van der Waals surface area contributed by atoms with E-state index < -0.39 is 5.91 Å². The molecule has 0 radical (unpaired) electrons. The molecule has 0 aliphatic rings. The number of amides is 1. The highest BCUT2D eigenvalue weighted by atomic mass is 79.9. The van der Waals surface area contributed by atoms with Crippen LogP contribution in [0.3, 0.4) is 0 Å². The Labute approximate surface area is 253 Å². The maximum Gasteiger partial charge on any atom is 0.266 e. The third-order valence-corrected chi connectivity index (χ3v) is 6.78. The van der Waals surface area contributed by atoms with E-state index in [9.17, 15) is 10.1 Å². The lowest BCUT2D eigenvalue weighted by Crippen LogP contribution is -2.13. The summed E-state index contributed by atoms with van der Waals surface area (Å²) < 4.78 is 18.3. The van der Waals surface area contributed by atoms with Crippen molar-refractivity contribution in [2.24, 2.45) is 0 Å². The Morgan fingerprint density at radius 1 is 0.927 bits per heavy atom. The standard InChI is InChI=1S/C33H28BrClN2O4/c1-3-39-31-18-25(17-30(34)32(31)41-21-23-6-4-22(2)5-7-23)16-26(19-36)33(38)37-28-12-14-29(15-13-28)40-20-24-8-10-27(35)11-9-24/h4-18H,3,20-21H2,1-2H3,(H,37,38)/b26-16+. The molecular formula is C33H28BrClN2O4. The summed E-state index contributed by atoms with van der Waals surface area (Å²) in [5.41, 5.74) is 4.27. The van der Waals surface area contributed by atoms with Gasteiger partial charge in [-0.1, -0.05) is 53.6 Å². The van der Waals surface area contributed by atoms with E-state index in [1.807, 2.05) is 68.4 Å². The Morgan fingerprint density at radius 3 is 2.20 bits per heavy atom. The van der Waals surface area contributed by atoms with E-state index >= 15 is 0 Å². The van der Waals surface area contributed by atoms with Gasteiger partial charge in [0.2, 0.25) is 0 Å². The minimum atomic E-state index is -0.531. The van der Waals surface area contributed by atoms with Crippen LogP contribution in [0.2, 0.25) is 5.02 Å². The van der Waals surface area contributed by atoms with Gasteiger partial charge in [0, 0.05) is 10.7 Å². The fourth-order valence-electron chi connectivity index (χ4n) is 3.81. The summed E-state index contributed by atoms with van der Waals surface area (Å²) in [4.78, 5) is 12.9. The predicted molar refractivity (Wildman–Crippen MR) is 165 cm³/mol. The molecule has 6 nitrogen and oxygen atoms in total. The van der Waals surface area contributed by atoms with Crippen molar-refractivity contribution in [1.29, 1.82) is 5.26 Å². The second-order valence-electron chi connectivity index (χ2n) is 9.10. The van der Waals surface area contributed by atoms with Crippen molar-refractivity contribution >= 4 is 45.2 Å². The van der Waals surface area contributed by atoms with E-state index in [0.29, 0.717) is 57.8 Å². The van der Waals surface area contributed by atoms with Crippen LogP contribution in [0.1, 0.15) is 29.2 Å². The summed E-state index contributed by atoms with van der Waals surface area (Å²) in [5.74, 6) is 1.17. The van der Waals surface area contributed by atoms with Crippen LogP contribution in [0.15, 0.2) is 95.0 Å². The maximum absolute atomic E-state index is 12.9. The average molecular weight is 632 g/mol. The number of hydrogen-bond donors (Lipinski definition) is 1. The van der Waals surface area contributed by atoms with Crippen LogP contribution in [0, 0.1) is 18.3 Å². The van der Waals surface area contributed by atoms with Crippen LogP contribution in [0.25, 0.3) is 6.08 Å². The molecule has 4 aromatic rings. The minimum absolute atomic E-state index is 0.0595. The van der Waals surface area contributed by atoms with E-state index in [4.69, 9.17) is 25.8 Å². The van der Waals surface area contributed by atoms with Gasteiger partial charge in [-0.05, 0) is 101 Å². The van der Waals surface area contributed by atoms with Crippen molar-refractivity contribution in [3.63, 3.8) is 0 Å². The van der Waals surface area contributed by atoms with Gasteiger partial charge in [0.1, 0.15) is 30.6 Å². The Hall–Kier alpha value is -4.25. The molecule has 0 bridgehead atoms. The number of hydrogen-bond acceptors (Lipinski definition) is 5. The van der Waals surface area contributed by atoms with Gasteiger partial charge in [-0.3, -0.25) is 4.79 Å². The summed E-state index contributed by atoms with van der Waals surface area (Å²) in [6.07, 6.45) is 1.51. The van der Waals surface area contributed by atoms with Gasteiger partial charge in [0.25, 0.3) is 5.91 Å². The number of nitrogens with one attached hydrogen (secondary N) is 1. The van der Waals surface area contributed by atoms with E-state index in [0.717, 1.165) is 11.1 Å². The van der Waals surface area contributed by atoms with Crippen LogP contribution in [0.5, 0.6) is 17.2 Å². The number of halogens is 2. The van der Waals surface area contributed by atoms with E-state index in [-0.39, 0.29) is 5.57 Å². The molecule has 0 atom stereocenters. The molecule has 41 heavy (non-hydrogen) atoms. The van der Waals surface area contributed by atoms with Gasteiger partial charge in [0.05, 0.1) is 11.1 Å². The Kier molecular flexibility index (Phi) is 10.4. The molecule has 0 heterocycles. The summed E-state index contributed by atoms with van der Waals surface area (Å²) >= 11 is 9.48. The number of carbonyl (C=O) groups is 1. The monoisotopic (exact) mass is 630 g/mol. The van der Waals surface area contributed by atoms with Gasteiger partial charge in [0.15, 0.2) is 11.5 Å². The van der Waals surface area contributed by atoms with Gasteiger partial charge >= 0.3 is 0 Å². The number of benzene rings is 4. The highest BCUT2D eigenvalue weighted by Crippen LogP contribution is 2.38. The minimum Gasteiger partial charge on any atom is -0.490 e. The first kappa shape index (κ1) is 29.7. The van der Waals surface area contributed by atoms with Gasteiger partial charge in [-0.15, -0.1) is 0 Å². The second kappa shape index (κ2) is 14.4. The van der Waals surface area contributed by atoms with Gasteiger partial charge < -0.3 is 19.5 Å². The fraction of sp³-hybridized carbons (Fsp3) is 0.152. The number of aryl methyl sites for hydroxylation is 1. The summed E-state index contributed by atoms with van der Waals surface area (Å²) in [6.45, 7) is 5.09. The normalized spacial score (nSPS) is 11.0. The zero-order chi connectivity index (χ0) is 29.2. The van der Waals surface area contributed by atoms with Gasteiger partial charge in [-0.25, -0.2) is 0 Å². The largest absolute Gasteiger partial charge is 0.490 e. The van der Waals surface area contributed by atoms with Crippen molar-refractivity contribution in [3.05, 3.63) is 122 Å².